The van der Waals surface area contributed by atoms with E-state index in [1.54, 1.807) is 17.5 Å². The summed E-state index contributed by atoms with van der Waals surface area (Å²) >= 11 is 1.59. The first-order valence-corrected chi connectivity index (χ1v) is 7.42. The second-order valence-corrected chi connectivity index (χ2v) is 5.56. The average molecular weight is 315 g/mol. The van der Waals surface area contributed by atoms with Crippen LogP contribution in [0.4, 0.5) is 0 Å². The van der Waals surface area contributed by atoms with Crippen LogP contribution in [0.5, 0.6) is 0 Å². The number of nitrogens with zero attached hydrogens (tertiary/aromatic N) is 3. The Morgan fingerprint density at radius 2 is 2.27 bits per heavy atom. The molecule has 0 aromatic carbocycles. The molecule has 0 fully saturated rings. The second-order valence-electron chi connectivity index (χ2n) is 4.61. The third kappa shape index (κ3) is 2.82. The van der Waals surface area contributed by atoms with Gasteiger partial charge in [0.15, 0.2) is 0 Å². The molecule has 3 heterocycles. The van der Waals surface area contributed by atoms with E-state index in [0.717, 1.165) is 20.8 Å². The zero-order valence-corrected chi connectivity index (χ0v) is 12.6. The maximum atomic E-state index is 12.1. The van der Waals surface area contributed by atoms with Gasteiger partial charge in [-0.3, -0.25) is 14.7 Å². The van der Waals surface area contributed by atoms with Crippen molar-refractivity contribution in [3.63, 3.8) is 0 Å². The van der Waals surface area contributed by atoms with Crippen molar-refractivity contribution < 1.29 is 4.79 Å². The van der Waals surface area contributed by atoms with Gasteiger partial charge in [0.25, 0.3) is 11.5 Å². The monoisotopic (exact) mass is 315 g/mol. The molecule has 0 aliphatic heterocycles. The quantitative estimate of drug-likeness (QED) is 0.755. The fourth-order valence-electron chi connectivity index (χ4n) is 1.97. The summed E-state index contributed by atoms with van der Waals surface area (Å²) in [5, 5.41) is 15.6. The van der Waals surface area contributed by atoms with Crippen LogP contribution in [0.1, 0.15) is 16.1 Å². The van der Waals surface area contributed by atoms with Crippen molar-refractivity contribution >= 4 is 17.2 Å². The van der Waals surface area contributed by atoms with Gasteiger partial charge in [-0.15, -0.1) is 11.3 Å². The van der Waals surface area contributed by atoms with Gasteiger partial charge in [-0.05, 0) is 17.5 Å². The molecule has 0 saturated heterocycles. The van der Waals surface area contributed by atoms with Gasteiger partial charge in [0, 0.05) is 25.2 Å². The zero-order valence-electron chi connectivity index (χ0n) is 11.7. The van der Waals surface area contributed by atoms with E-state index in [0.29, 0.717) is 6.54 Å². The minimum atomic E-state index is -0.339. The average Bonchev–Trinajstić information content (AvgIpc) is 3.17. The molecule has 3 rings (SSSR count). The first-order chi connectivity index (χ1) is 10.6. The summed E-state index contributed by atoms with van der Waals surface area (Å²) < 4.78 is 1.13. The Labute approximate surface area is 129 Å². The van der Waals surface area contributed by atoms with Gasteiger partial charge in [-0.25, -0.2) is 4.68 Å². The summed E-state index contributed by atoms with van der Waals surface area (Å²) in [5.41, 5.74) is 1.72. The Kier molecular flexibility index (Phi) is 3.84. The smallest absolute Gasteiger partial charge is 0.271 e. The van der Waals surface area contributed by atoms with Crippen molar-refractivity contribution in [3.8, 4) is 10.6 Å². The molecule has 8 heteroatoms. The van der Waals surface area contributed by atoms with Crippen molar-refractivity contribution in [1.29, 1.82) is 0 Å². The van der Waals surface area contributed by atoms with Crippen molar-refractivity contribution in [2.24, 2.45) is 7.05 Å². The predicted molar refractivity (Wildman–Crippen MR) is 82.5 cm³/mol. The lowest BCUT2D eigenvalue weighted by atomic mass is 10.2. The minimum Gasteiger partial charge on any atom is -0.346 e. The van der Waals surface area contributed by atoms with Crippen molar-refractivity contribution in [2.75, 3.05) is 0 Å². The van der Waals surface area contributed by atoms with E-state index in [1.165, 1.54) is 19.2 Å². The topological polar surface area (TPSA) is 92.7 Å². The molecule has 0 atom stereocenters. The van der Waals surface area contributed by atoms with E-state index >= 15 is 0 Å². The first kappa shape index (κ1) is 14.2. The van der Waals surface area contributed by atoms with Gasteiger partial charge in [-0.1, -0.05) is 6.07 Å². The van der Waals surface area contributed by atoms with E-state index in [9.17, 15) is 9.59 Å². The van der Waals surface area contributed by atoms with E-state index < -0.39 is 0 Å². The number of carbonyl (C=O) groups excluding carboxylic acids is 1. The number of amides is 1. The third-order valence-corrected chi connectivity index (χ3v) is 4.01. The lowest BCUT2D eigenvalue weighted by molar-refractivity contribution is 0.0943. The zero-order chi connectivity index (χ0) is 15.5. The Morgan fingerprint density at radius 1 is 1.41 bits per heavy atom. The van der Waals surface area contributed by atoms with E-state index in [-0.39, 0.29) is 17.2 Å². The second kappa shape index (κ2) is 5.94. The summed E-state index contributed by atoms with van der Waals surface area (Å²) in [7, 11) is 1.50. The molecule has 0 aliphatic carbocycles. The first-order valence-electron chi connectivity index (χ1n) is 6.54. The standard InChI is InChI=1S/C14H13N5O2S/c1-19-12(20)5-4-10(18-19)14(21)15-7-9-8-16-17-13(9)11-3-2-6-22-11/h2-6,8H,7H2,1H3,(H,15,21)(H,16,17). The highest BCUT2D eigenvalue weighted by molar-refractivity contribution is 7.13. The molecular weight excluding hydrogens is 302 g/mol. The number of rotatable bonds is 4. The van der Waals surface area contributed by atoms with Gasteiger partial charge in [0.1, 0.15) is 5.69 Å². The van der Waals surface area contributed by atoms with Crippen LogP contribution in [-0.4, -0.2) is 25.9 Å². The predicted octanol–water partition coefficient (Wildman–Crippen LogP) is 1.16. The van der Waals surface area contributed by atoms with Crippen molar-refractivity contribution in [3.05, 3.63) is 57.5 Å². The summed E-state index contributed by atoms with van der Waals surface area (Å²) in [6.07, 6.45) is 1.68. The lowest BCUT2D eigenvalue weighted by Crippen LogP contribution is -2.28. The van der Waals surface area contributed by atoms with Crippen LogP contribution in [0.25, 0.3) is 10.6 Å². The third-order valence-electron chi connectivity index (χ3n) is 3.12. The number of nitrogens with one attached hydrogen (secondary N) is 2. The molecule has 22 heavy (non-hydrogen) atoms. The number of hydrogen-bond donors (Lipinski definition) is 2. The molecule has 3 aromatic rings. The van der Waals surface area contributed by atoms with Gasteiger partial charge in [-0.2, -0.15) is 10.2 Å². The number of hydrogen-bond acceptors (Lipinski definition) is 5. The highest BCUT2D eigenvalue weighted by atomic mass is 32.1. The van der Waals surface area contributed by atoms with Crippen LogP contribution in [0.3, 0.4) is 0 Å². The fraction of sp³-hybridized carbons (Fsp3) is 0.143. The Morgan fingerprint density at radius 3 is 3.00 bits per heavy atom. The Balaban J connectivity index is 1.73. The molecule has 112 valence electrons. The van der Waals surface area contributed by atoms with Crippen molar-refractivity contribution in [2.45, 2.75) is 6.54 Å². The molecule has 2 N–H and O–H groups in total. The molecular formula is C14H13N5O2S. The number of thiophene rings is 1. The van der Waals surface area contributed by atoms with E-state index in [1.807, 2.05) is 17.5 Å². The van der Waals surface area contributed by atoms with Gasteiger partial charge in [0.05, 0.1) is 16.8 Å². The lowest BCUT2D eigenvalue weighted by Gasteiger charge is -2.05. The number of carbonyl (C=O) groups is 1. The van der Waals surface area contributed by atoms with Crippen LogP contribution in [-0.2, 0) is 13.6 Å². The molecule has 0 bridgehead atoms. The highest BCUT2D eigenvalue weighted by Gasteiger charge is 2.12. The van der Waals surface area contributed by atoms with Crippen LogP contribution in [0, 0.1) is 0 Å². The van der Waals surface area contributed by atoms with E-state index in [2.05, 4.69) is 20.6 Å². The summed E-state index contributed by atoms with van der Waals surface area (Å²) in [6.45, 7) is 0.326. The van der Waals surface area contributed by atoms with E-state index in [4.69, 9.17) is 0 Å². The number of aromatic nitrogens is 4. The maximum Gasteiger partial charge on any atom is 0.271 e. The highest BCUT2D eigenvalue weighted by Crippen LogP contribution is 2.25. The Bertz CT molecular complexity index is 850. The minimum absolute atomic E-state index is 0.197. The Hall–Kier alpha value is -2.74. The van der Waals surface area contributed by atoms with Gasteiger partial charge >= 0.3 is 0 Å². The van der Waals surface area contributed by atoms with Crippen molar-refractivity contribution in [1.82, 2.24) is 25.3 Å². The molecule has 0 spiro atoms. The van der Waals surface area contributed by atoms with Crippen LogP contribution < -0.4 is 10.9 Å². The number of aryl methyl sites for hydroxylation is 1. The number of aromatic amines is 1. The molecule has 0 radical (unpaired) electrons. The summed E-state index contributed by atoms with van der Waals surface area (Å²) in [5.74, 6) is -0.339. The van der Waals surface area contributed by atoms with Crippen LogP contribution in [0.2, 0.25) is 0 Å². The molecule has 3 aromatic heterocycles. The summed E-state index contributed by atoms with van der Waals surface area (Å²) in [6, 6.07) is 6.67. The summed E-state index contributed by atoms with van der Waals surface area (Å²) in [4.78, 5) is 24.4. The molecule has 0 unspecified atom stereocenters. The van der Waals surface area contributed by atoms with Crippen LogP contribution in [0.15, 0.2) is 40.6 Å². The van der Waals surface area contributed by atoms with Crippen LogP contribution >= 0.6 is 11.3 Å². The van der Waals surface area contributed by atoms with Gasteiger partial charge in [0.2, 0.25) is 0 Å². The SMILES string of the molecule is Cn1nc(C(=O)NCc2cn[nH]c2-c2cccs2)ccc1=O. The molecule has 7 nitrogen and oxygen atoms in total. The largest absolute Gasteiger partial charge is 0.346 e. The van der Waals surface area contributed by atoms with Gasteiger partial charge < -0.3 is 5.32 Å². The normalized spacial score (nSPS) is 10.6. The molecule has 1 amide bonds. The molecule has 0 saturated carbocycles. The number of H-pyrrole nitrogens is 1. The maximum absolute atomic E-state index is 12.1. The fourth-order valence-corrected chi connectivity index (χ4v) is 2.72. The molecule has 0 aliphatic rings.